The van der Waals surface area contributed by atoms with Crippen LogP contribution >= 0.6 is 0 Å². The molecule has 0 heterocycles. The Morgan fingerprint density at radius 3 is 1.75 bits per heavy atom. The van der Waals surface area contributed by atoms with Gasteiger partial charge in [-0.25, -0.2) is 4.79 Å². The van der Waals surface area contributed by atoms with Crippen molar-refractivity contribution in [3.05, 3.63) is 40.5 Å². The molecule has 0 unspecified atom stereocenters. The van der Waals surface area contributed by atoms with E-state index in [4.69, 9.17) is 18.9 Å². The Hall–Kier alpha value is -4.08. The van der Waals surface area contributed by atoms with E-state index in [1.165, 1.54) is 52.7 Å². The van der Waals surface area contributed by atoms with Gasteiger partial charge in [0.2, 0.25) is 11.5 Å². The molecule has 0 aliphatic heterocycles. The van der Waals surface area contributed by atoms with Crippen molar-refractivity contribution in [1.29, 1.82) is 0 Å². The van der Waals surface area contributed by atoms with Gasteiger partial charge in [0, 0.05) is 11.0 Å². The second-order valence-corrected chi connectivity index (χ2v) is 9.84. The van der Waals surface area contributed by atoms with Crippen molar-refractivity contribution in [3.8, 4) is 34.5 Å². The predicted octanol–water partition coefficient (Wildman–Crippen LogP) is 5.35. The quantitative estimate of drug-likeness (QED) is 0.253. The van der Waals surface area contributed by atoms with Crippen LogP contribution in [0, 0.1) is 5.41 Å². The number of fused-ring (bicyclic) bond motifs is 1. The number of hydrogen-bond donors (Lipinski definition) is 4. The third-order valence-electron chi connectivity index (χ3n) is 7.97. The fraction of sp³-hybridized carbons (Fsp3) is 0.467. The Morgan fingerprint density at radius 1 is 0.775 bits per heavy atom. The van der Waals surface area contributed by atoms with Gasteiger partial charge >= 0.3 is 11.9 Å². The van der Waals surface area contributed by atoms with Crippen LogP contribution < -0.4 is 18.9 Å². The molecule has 0 saturated carbocycles. The molecular weight excluding hydrogens is 520 g/mol. The molecule has 218 valence electrons. The molecule has 0 saturated heterocycles. The number of carbonyl (C=O) groups is 2. The van der Waals surface area contributed by atoms with Gasteiger partial charge in [-0.05, 0) is 48.2 Å². The van der Waals surface area contributed by atoms with Crippen LogP contribution in [0.1, 0.15) is 69.1 Å². The molecule has 2 aromatic carbocycles. The van der Waals surface area contributed by atoms with E-state index in [2.05, 4.69) is 0 Å². The van der Waals surface area contributed by atoms with E-state index in [0.29, 0.717) is 42.4 Å². The average molecular weight is 559 g/mol. The van der Waals surface area contributed by atoms with Crippen molar-refractivity contribution in [2.45, 2.75) is 57.8 Å². The number of hydrogen-bond acceptors (Lipinski definition) is 8. The van der Waals surface area contributed by atoms with E-state index >= 15 is 0 Å². The summed E-state index contributed by atoms with van der Waals surface area (Å²) in [6.45, 7) is 3.84. The highest BCUT2D eigenvalue weighted by molar-refractivity contribution is 6.04. The number of benzene rings is 2. The number of unbranched alkanes of at least 4 members (excludes halogenated alkanes) is 2. The molecule has 0 radical (unpaired) electrons. The van der Waals surface area contributed by atoms with Gasteiger partial charge in [0.15, 0.2) is 23.0 Å². The summed E-state index contributed by atoms with van der Waals surface area (Å²) in [6, 6.07) is 4.50. The van der Waals surface area contributed by atoms with Gasteiger partial charge in [-0.15, -0.1) is 0 Å². The maximum Gasteiger partial charge on any atom is 0.332 e. The Labute approximate surface area is 233 Å². The van der Waals surface area contributed by atoms with Crippen molar-refractivity contribution < 1.29 is 49.0 Å². The fourth-order valence-electron chi connectivity index (χ4n) is 6.17. The van der Waals surface area contributed by atoms with Crippen LogP contribution in [0.25, 0.3) is 6.08 Å². The molecule has 1 aliphatic carbocycles. The number of methoxy groups -OCH3 is 4. The van der Waals surface area contributed by atoms with Crippen molar-refractivity contribution in [2.24, 2.45) is 5.41 Å². The minimum Gasteiger partial charge on any atom is -0.502 e. The summed E-state index contributed by atoms with van der Waals surface area (Å²) >= 11 is 0. The smallest absolute Gasteiger partial charge is 0.332 e. The van der Waals surface area contributed by atoms with Gasteiger partial charge < -0.3 is 39.4 Å². The minimum atomic E-state index is -2.02. The molecule has 0 bridgehead atoms. The van der Waals surface area contributed by atoms with E-state index in [0.717, 1.165) is 0 Å². The fourth-order valence-corrected chi connectivity index (χ4v) is 6.17. The molecule has 40 heavy (non-hydrogen) atoms. The third kappa shape index (κ3) is 4.45. The summed E-state index contributed by atoms with van der Waals surface area (Å²) in [7, 11) is 5.41. The summed E-state index contributed by atoms with van der Waals surface area (Å²) in [4.78, 5) is 26.7. The third-order valence-corrected chi connectivity index (χ3v) is 7.97. The highest BCUT2D eigenvalue weighted by Gasteiger charge is 2.65. The maximum absolute atomic E-state index is 13.7. The topological polar surface area (TPSA) is 152 Å². The van der Waals surface area contributed by atoms with E-state index in [-0.39, 0.29) is 52.9 Å². The van der Waals surface area contributed by atoms with Crippen LogP contribution in [0.15, 0.2) is 23.8 Å². The van der Waals surface area contributed by atoms with Crippen LogP contribution in [0.3, 0.4) is 0 Å². The number of aromatic hydroxyl groups is 2. The van der Waals surface area contributed by atoms with Crippen molar-refractivity contribution in [2.75, 3.05) is 28.4 Å². The number of phenols is 2. The van der Waals surface area contributed by atoms with E-state index in [9.17, 15) is 30.0 Å². The van der Waals surface area contributed by atoms with Crippen LogP contribution in [-0.2, 0) is 15.0 Å². The second kappa shape index (κ2) is 12.0. The zero-order chi connectivity index (χ0) is 29.8. The largest absolute Gasteiger partial charge is 0.502 e. The van der Waals surface area contributed by atoms with Gasteiger partial charge in [0.05, 0.1) is 34.0 Å². The van der Waals surface area contributed by atoms with Crippen molar-refractivity contribution in [3.63, 3.8) is 0 Å². The second-order valence-electron chi connectivity index (χ2n) is 9.84. The number of aliphatic carboxylic acids is 2. The normalized spacial score (nSPS) is 19.8. The number of rotatable bonds is 13. The van der Waals surface area contributed by atoms with Crippen LogP contribution in [0.4, 0.5) is 0 Å². The first-order chi connectivity index (χ1) is 19.1. The van der Waals surface area contributed by atoms with Crippen LogP contribution in [0.2, 0.25) is 0 Å². The summed E-state index contributed by atoms with van der Waals surface area (Å²) < 4.78 is 22.0. The number of carboxylic acid groups (broad SMARTS) is 2. The minimum absolute atomic E-state index is 0.0182. The van der Waals surface area contributed by atoms with Crippen LogP contribution in [-0.4, -0.2) is 60.8 Å². The Kier molecular flexibility index (Phi) is 9.12. The molecule has 0 spiro atoms. The summed E-state index contributed by atoms with van der Waals surface area (Å²) in [6.07, 6.45) is 3.63. The van der Waals surface area contributed by atoms with E-state index < -0.39 is 22.8 Å². The molecule has 0 amide bonds. The summed E-state index contributed by atoms with van der Waals surface area (Å²) in [5.41, 5.74) is -2.97. The molecule has 0 fully saturated rings. The van der Waals surface area contributed by atoms with Gasteiger partial charge in [-0.2, -0.15) is 0 Å². The van der Waals surface area contributed by atoms with Gasteiger partial charge in [0.25, 0.3) is 0 Å². The summed E-state index contributed by atoms with van der Waals surface area (Å²) in [5.74, 6) is -3.30. The first-order valence-electron chi connectivity index (χ1n) is 13.2. The van der Waals surface area contributed by atoms with E-state index in [1.54, 1.807) is 0 Å². The maximum atomic E-state index is 13.7. The first kappa shape index (κ1) is 30.5. The van der Waals surface area contributed by atoms with Gasteiger partial charge in [-0.1, -0.05) is 39.5 Å². The average Bonchev–Trinajstić information content (AvgIpc) is 2.94. The SMILES string of the molecule is CCCC[C@@]1(C(=O)O)C(C(=O)O)=Cc2cc(OC)c(O)c(OC)c2[C@@]1(CCCC)c1cc(OC)c(O)c(OC)c1. The van der Waals surface area contributed by atoms with Crippen molar-refractivity contribution in [1.82, 2.24) is 0 Å². The lowest BCUT2D eigenvalue weighted by molar-refractivity contribution is -0.154. The first-order valence-corrected chi connectivity index (χ1v) is 13.2. The highest BCUT2D eigenvalue weighted by Crippen LogP contribution is 2.65. The Bertz CT molecular complexity index is 1290. The molecule has 2 aromatic rings. The number of carboxylic acids is 2. The lowest BCUT2D eigenvalue weighted by atomic mass is 9.47. The standard InChI is InChI=1S/C30H38O10/c1-7-9-11-29(18-15-21(38-4)24(31)22(16-18)39-5)23-17(14-20(37-3)25(32)26(23)40-6)13-19(27(33)34)30(29,28(35)36)12-10-8-2/h13-16,31-32H,7-12H2,1-6H3,(H,33,34)(H,35,36)/t29-,30+/m1/s1. The molecule has 1 aliphatic rings. The lowest BCUT2D eigenvalue weighted by Crippen LogP contribution is -2.56. The molecule has 10 heteroatoms. The monoisotopic (exact) mass is 558 g/mol. The molecule has 2 atom stereocenters. The van der Waals surface area contributed by atoms with E-state index in [1.807, 2.05) is 13.8 Å². The summed E-state index contributed by atoms with van der Waals surface area (Å²) in [5, 5.41) is 43.7. The molecule has 3 rings (SSSR count). The zero-order valence-corrected chi connectivity index (χ0v) is 23.8. The molecule has 10 nitrogen and oxygen atoms in total. The highest BCUT2D eigenvalue weighted by atomic mass is 16.5. The molecular formula is C30H38O10. The Morgan fingerprint density at radius 2 is 1.30 bits per heavy atom. The molecule has 0 aromatic heterocycles. The lowest BCUT2D eigenvalue weighted by Gasteiger charge is -2.52. The zero-order valence-electron chi connectivity index (χ0n) is 23.8. The number of ether oxygens (including phenoxy) is 4. The Balaban J connectivity index is 2.77. The number of phenolic OH excluding ortho intramolecular Hbond substituents is 2. The van der Waals surface area contributed by atoms with Crippen molar-refractivity contribution >= 4 is 18.0 Å². The van der Waals surface area contributed by atoms with Gasteiger partial charge in [0.1, 0.15) is 5.41 Å². The van der Waals surface area contributed by atoms with Crippen LogP contribution in [0.5, 0.6) is 34.5 Å². The molecule has 4 N–H and O–H groups in total. The van der Waals surface area contributed by atoms with Gasteiger partial charge in [-0.3, -0.25) is 4.79 Å². The predicted molar refractivity (Wildman–Crippen MR) is 148 cm³/mol.